The Labute approximate surface area is 48.0 Å². The van der Waals surface area contributed by atoms with E-state index in [0.717, 1.165) is 0 Å². The maximum Gasteiger partial charge on any atom is 0.139 e. The van der Waals surface area contributed by atoms with Gasteiger partial charge in [0.25, 0.3) is 0 Å². The lowest BCUT2D eigenvalue weighted by molar-refractivity contribution is -0.279. The molecule has 0 spiro atoms. The molecule has 0 aliphatic rings. The van der Waals surface area contributed by atoms with Gasteiger partial charge < -0.3 is 5.73 Å². The van der Waals surface area contributed by atoms with Gasteiger partial charge in [-0.25, -0.2) is 9.78 Å². The average molecular weight is 118 g/mol. The predicted octanol–water partition coefficient (Wildman–Crippen LogP) is -0.110. The Morgan fingerprint density at radius 1 is 1.62 bits per heavy atom. The fourth-order valence-corrected chi connectivity index (χ4v) is 0.188. The van der Waals surface area contributed by atoms with Gasteiger partial charge in [-0.2, -0.15) is 0 Å². The summed E-state index contributed by atoms with van der Waals surface area (Å²) < 4.78 is 0. The zero-order valence-electron chi connectivity index (χ0n) is 4.81. The summed E-state index contributed by atoms with van der Waals surface area (Å²) >= 11 is 0. The summed E-state index contributed by atoms with van der Waals surface area (Å²) in [5.41, 5.74) is 4.91. The molecular weight excluding hydrogens is 108 g/mol. The number of rotatable bonds is 4. The molecule has 0 aliphatic heterocycles. The molecule has 0 atom stereocenters. The van der Waals surface area contributed by atoms with Crippen LogP contribution in [0, 0.1) is 5.41 Å². The number of hydrogen-bond acceptors (Lipinski definition) is 3. The number of amidine groups is 1. The van der Waals surface area contributed by atoms with Gasteiger partial charge in [-0.1, -0.05) is 0 Å². The van der Waals surface area contributed by atoms with Gasteiger partial charge in [-0.05, 0) is 6.92 Å². The zero-order valence-corrected chi connectivity index (χ0v) is 4.81. The van der Waals surface area contributed by atoms with Crippen molar-refractivity contribution in [3.8, 4) is 0 Å². The van der Waals surface area contributed by atoms with E-state index >= 15 is 0 Å². The summed E-state index contributed by atoms with van der Waals surface area (Å²) in [6.45, 7) is 2.32. The molecule has 0 aromatic rings. The van der Waals surface area contributed by atoms with Crippen molar-refractivity contribution in [3.05, 3.63) is 0 Å². The van der Waals surface area contributed by atoms with Gasteiger partial charge >= 0.3 is 0 Å². The first-order chi connectivity index (χ1) is 3.77. The zero-order chi connectivity index (χ0) is 6.41. The second-order valence-electron chi connectivity index (χ2n) is 1.19. The fraction of sp³-hybridized carbons (Fsp3) is 0.750. The Hall–Kier alpha value is -0.610. The van der Waals surface area contributed by atoms with Crippen LogP contribution >= 0.6 is 0 Å². The third kappa shape index (κ3) is 5.39. The van der Waals surface area contributed by atoms with Crippen molar-refractivity contribution in [2.75, 3.05) is 13.2 Å². The van der Waals surface area contributed by atoms with Crippen LogP contribution in [0.25, 0.3) is 0 Å². The highest BCUT2D eigenvalue weighted by atomic mass is 17.2. The van der Waals surface area contributed by atoms with Crippen molar-refractivity contribution < 1.29 is 9.78 Å². The molecule has 0 aromatic carbocycles. The molecule has 3 N–H and O–H groups in total. The van der Waals surface area contributed by atoms with Crippen LogP contribution < -0.4 is 5.73 Å². The average Bonchev–Trinajstić information content (AvgIpc) is 1.66. The van der Waals surface area contributed by atoms with Gasteiger partial charge in [0.05, 0.1) is 6.61 Å². The van der Waals surface area contributed by atoms with E-state index in [1.807, 2.05) is 0 Å². The number of nitrogens with two attached hydrogens (primary N) is 1. The van der Waals surface area contributed by atoms with E-state index in [1.54, 1.807) is 6.92 Å². The van der Waals surface area contributed by atoms with Gasteiger partial charge in [0, 0.05) is 0 Å². The Morgan fingerprint density at radius 3 is 2.62 bits per heavy atom. The highest BCUT2D eigenvalue weighted by Crippen LogP contribution is 1.74. The maximum atomic E-state index is 6.65. The third-order valence-electron chi connectivity index (χ3n) is 0.416. The van der Waals surface area contributed by atoms with Crippen molar-refractivity contribution in [1.29, 1.82) is 5.41 Å². The van der Waals surface area contributed by atoms with E-state index in [1.165, 1.54) is 0 Å². The van der Waals surface area contributed by atoms with Gasteiger partial charge in [-0.15, -0.1) is 0 Å². The van der Waals surface area contributed by atoms with Gasteiger partial charge in [0.15, 0.2) is 0 Å². The summed E-state index contributed by atoms with van der Waals surface area (Å²) in [5.74, 6) is -0.0292. The molecule has 0 saturated heterocycles. The minimum absolute atomic E-state index is 0.0292. The molecule has 0 fully saturated rings. The molecule has 0 aliphatic carbocycles. The van der Waals surface area contributed by atoms with Crippen LogP contribution in [0.2, 0.25) is 0 Å². The first-order valence-corrected chi connectivity index (χ1v) is 2.34. The molecule has 0 bridgehead atoms. The Bertz CT molecular complexity index is 74.4. The third-order valence-corrected chi connectivity index (χ3v) is 0.416. The quantitative estimate of drug-likeness (QED) is 0.178. The topological polar surface area (TPSA) is 68.3 Å². The first-order valence-electron chi connectivity index (χ1n) is 2.34. The van der Waals surface area contributed by atoms with Crippen LogP contribution in [0.4, 0.5) is 0 Å². The van der Waals surface area contributed by atoms with E-state index in [2.05, 4.69) is 9.78 Å². The highest BCUT2D eigenvalue weighted by molar-refractivity contribution is 5.77. The highest BCUT2D eigenvalue weighted by Gasteiger charge is 1.86. The summed E-state index contributed by atoms with van der Waals surface area (Å²) in [6.07, 6.45) is 0. The predicted molar refractivity (Wildman–Crippen MR) is 29.5 cm³/mol. The molecule has 0 amide bonds. The molecule has 4 nitrogen and oxygen atoms in total. The van der Waals surface area contributed by atoms with Crippen LogP contribution in [-0.2, 0) is 9.78 Å². The molecule has 0 saturated carbocycles. The normalized spacial score (nSPS) is 9.12. The molecule has 0 heterocycles. The summed E-state index contributed by atoms with van der Waals surface area (Å²) in [4.78, 5) is 8.82. The lowest BCUT2D eigenvalue weighted by Gasteiger charge is -1.97. The van der Waals surface area contributed by atoms with E-state index in [0.29, 0.717) is 6.61 Å². The number of nitrogens with one attached hydrogen (secondary N) is 1. The summed E-state index contributed by atoms with van der Waals surface area (Å²) in [5, 5.41) is 6.65. The maximum absolute atomic E-state index is 6.65. The molecule has 0 unspecified atom stereocenters. The molecule has 0 rings (SSSR count). The standard InChI is InChI=1S/C4H10N2O2/c1-2-7-8-3-4(5)6/h2-3H2,1H3,(H3,5,6). The van der Waals surface area contributed by atoms with Crippen molar-refractivity contribution in [2.45, 2.75) is 6.92 Å². The first kappa shape index (κ1) is 7.39. The van der Waals surface area contributed by atoms with Crippen LogP contribution in [-0.4, -0.2) is 19.0 Å². The smallest absolute Gasteiger partial charge is 0.139 e. The Morgan fingerprint density at radius 2 is 2.25 bits per heavy atom. The lowest BCUT2D eigenvalue weighted by Crippen LogP contribution is -2.17. The van der Waals surface area contributed by atoms with E-state index < -0.39 is 0 Å². The largest absolute Gasteiger partial charge is 0.386 e. The Balaban J connectivity index is 2.82. The van der Waals surface area contributed by atoms with Crippen LogP contribution in [0.3, 0.4) is 0 Å². The van der Waals surface area contributed by atoms with Gasteiger partial charge in [0.1, 0.15) is 12.4 Å². The molecular formula is C4H10N2O2. The van der Waals surface area contributed by atoms with E-state index in [-0.39, 0.29) is 12.4 Å². The van der Waals surface area contributed by atoms with Crippen molar-refractivity contribution in [2.24, 2.45) is 5.73 Å². The van der Waals surface area contributed by atoms with Crippen LogP contribution in [0.5, 0.6) is 0 Å². The Kier molecular flexibility index (Phi) is 4.20. The van der Waals surface area contributed by atoms with Crippen LogP contribution in [0.15, 0.2) is 0 Å². The molecule has 48 valence electrons. The van der Waals surface area contributed by atoms with E-state index in [9.17, 15) is 0 Å². The summed E-state index contributed by atoms with van der Waals surface area (Å²) in [6, 6.07) is 0. The SMILES string of the molecule is CCOOCC(=N)N. The second-order valence-corrected chi connectivity index (χ2v) is 1.19. The van der Waals surface area contributed by atoms with Crippen molar-refractivity contribution >= 4 is 5.84 Å². The minimum Gasteiger partial charge on any atom is -0.386 e. The molecule has 4 heteroatoms. The summed E-state index contributed by atoms with van der Waals surface area (Å²) in [7, 11) is 0. The van der Waals surface area contributed by atoms with E-state index in [4.69, 9.17) is 11.1 Å². The van der Waals surface area contributed by atoms with Crippen molar-refractivity contribution in [3.63, 3.8) is 0 Å². The second kappa shape index (κ2) is 4.55. The molecule has 8 heavy (non-hydrogen) atoms. The van der Waals surface area contributed by atoms with Crippen molar-refractivity contribution in [1.82, 2.24) is 0 Å². The minimum atomic E-state index is -0.0292. The monoisotopic (exact) mass is 118 g/mol. The van der Waals surface area contributed by atoms with Crippen LogP contribution in [0.1, 0.15) is 6.92 Å². The van der Waals surface area contributed by atoms with Gasteiger partial charge in [-0.3, -0.25) is 5.41 Å². The lowest BCUT2D eigenvalue weighted by atomic mass is 10.7. The fourth-order valence-electron chi connectivity index (χ4n) is 0.188. The molecule has 0 aromatic heterocycles. The number of hydrogen-bond donors (Lipinski definition) is 2. The molecule has 0 radical (unpaired) electrons. The van der Waals surface area contributed by atoms with Gasteiger partial charge in [0.2, 0.25) is 0 Å².